The van der Waals surface area contributed by atoms with Gasteiger partial charge in [0.15, 0.2) is 11.6 Å². The van der Waals surface area contributed by atoms with Crippen LogP contribution in [0.2, 0.25) is 0 Å². The van der Waals surface area contributed by atoms with E-state index in [2.05, 4.69) is 0 Å². The van der Waals surface area contributed by atoms with Crippen LogP contribution < -0.4 is 10.0 Å². The zero-order valence-corrected chi connectivity index (χ0v) is 12.0. The summed E-state index contributed by atoms with van der Waals surface area (Å²) in [7, 11) is -3.62. The van der Waals surface area contributed by atoms with Crippen molar-refractivity contribution in [1.82, 2.24) is 0 Å². The van der Waals surface area contributed by atoms with E-state index in [1.165, 1.54) is 4.90 Å². The Morgan fingerprint density at radius 1 is 1.38 bits per heavy atom. The number of hydrogen-bond acceptors (Lipinski definition) is 4. The Bertz CT molecular complexity index is 662. The van der Waals surface area contributed by atoms with E-state index in [0.29, 0.717) is 19.4 Å². The molecular formula is C13H15F2N3O2S. The maximum Gasteiger partial charge on any atom is 0.209 e. The monoisotopic (exact) mass is 315 g/mol. The van der Waals surface area contributed by atoms with Crippen LogP contribution in [-0.2, 0) is 10.0 Å². The van der Waals surface area contributed by atoms with E-state index in [0.717, 1.165) is 12.1 Å². The van der Waals surface area contributed by atoms with Crippen LogP contribution in [0.1, 0.15) is 18.4 Å². The Morgan fingerprint density at radius 2 is 2.00 bits per heavy atom. The van der Waals surface area contributed by atoms with Crippen LogP contribution in [0.3, 0.4) is 0 Å². The fourth-order valence-corrected chi connectivity index (χ4v) is 3.59. The average Bonchev–Trinajstić information content (AvgIpc) is 2.36. The largest absolute Gasteiger partial charge is 0.366 e. The molecule has 8 heteroatoms. The number of rotatable bonds is 3. The van der Waals surface area contributed by atoms with Crippen LogP contribution >= 0.6 is 0 Å². The van der Waals surface area contributed by atoms with Gasteiger partial charge in [0, 0.05) is 13.1 Å². The van der Waals surface area contributed by atoms with Crippen LogP contribution in [0.25, 0.3) is 0 Å². The zero-order valence-electron chi connectivity index (χ0n) is 11.2. The summed E-state index contributed by atoms with van der Waals surface area (Å²) in [5.74, 6) is -2.10. The summed E-state index contributed by atoms with van der Waals surface area (Å²) in [4.78, 5) is 1.48. The molecule has 1 fully saturated rings. The normalized spacial score (nSPS) is 19.3. The summed E-state index contributed by atoms with van der Waals surface area (Å²) in [6, 6.07) is 3.63. The summed E-state index contributed by atoms with van der Waals surface area (Å²) in [6.07, 6.45) is 1.27. The highest BCUT2D eigenvalue weighted by Crippen LogP contribution is 2.29. The van der Waals surface area contributed by atoms with E-state index in [4.69, 9.17) is 10.4 Å². The zero-order chi connectivity index (χ0) is 15.6. The molecule has 0 amide bonds. The van der Waals surface area contributed by atoms with Gasteiger partial charge in [-0.1, -0.05) is 0 Å². The second-order valence-corrected chi connectivity index (χ2v) is 6.84. The predicted molar refractivity (Wildman–Crippen MR) is 74.0 cm³/mol. The number of piperidine rings is 1. The standard InChI is InChI=1S/C13H15F2N3O2S/c14-11-4-10(6-16)5-12(15)13(11)18-3-1-2-9(7-18)8-21(17,19)20/h4-5,9H,1-3,7-8H2,(H2,17,19,20)/t9-/m1/s1. The lowest BCUT2D eigenvalue weighted by Crippen LogP contribution is -2.40. The number of hydrogen-bond donors (Lipinski definition) is 1. The predicted octanol–water partition coefficient (Wildman–Crippen LogP) is 1.34. The number of nitriles is 1. The van der Waals surface area contributed by atoms with Crippen LogP contribution in [0.4, 0.5) is 14.5 Å². The van der Waals surface area contributed by atoms with Crippen molar-refractivity contribution in [2.75, 3.05) is 23.7 Å². The average molecular weight is 315 g/mol. The molecule has 0 bridgehead atoms. The number of benzene rings is 1. The van der Waals surface area contributed by atoms with Gasteiger partial charge in [-0.3, -0.25) is 0 Å². The third-order valence-corrected chi connectivity index (χ3v) is 4.39. The number of nitrogens with zero attached hydrogens (tertiary/aromatic N) is 2. The van der Waals surface area contributed by atoms with Crippen LogP contribution in [0, 0.1) is 28.9 Å². The Morgan fingerprint density at radius 3 is 2.52 bits per heavy atom. The van der Waals surface area contributed by atoms with Gasteiger partial charge in [0.2, 0.25) is 10.0 Å². The second kappa shape index (κ2) is 5.95. The van der Waals surface area contributed by atoms with E-state index in [9.17, 15) is 17.2 Å². The lowest BCUT2D eigenvalue weighted by atomic mass is 9.99. The maximum absolute atomic E-state index is 14.0. The van der Waals surface area contributed by atoms with E-state index in [-0.39, 0.29) is 29.5 Å². The molecule has 0 unspecified atom stereocenters. The van der Waals surface area contributed by atoms with E-state index in [1.807, 2.05) is 0 Å². The molecule has 2 rings (SSSR count). The first-order valence-corrected chi connectivity index (χ1v) is 8.16. The van der Waals surface area contributed by atoms with Crippen LogP contribution in [0.5, 0.6) is 0 Å². The van der Waals surface area contributed by atoms with Gasteiger partial charge in [0.25, 0.3) is 0 Å². The number of sulfonamides is 1. The molecule has 21 heavy (non-hydrogen) atoms. The number of primary sulfonamides is 1. The molecule has 1 aromatic rings. The summed E-state index contributed by atoms with van der Waals surface area (Å²) in [5.41, 5.74) is -0.306. The molecule has 2 N–H and O–H groups in total. The number of anilines is 1. The molecular weight excluding hydrogens is 300 g/mol. The SMILES string of the molecule is N#Cc1cc(F)c(N2CCC[C@@H](CS(N)(=O)=O)C2)c(F)c1. The molecule has 0 spiro atoms. The fourth-order valence-electron chi connectivity index (χ4n) is 2.66. The van der Waals surface area contributed by atoms with Crippen molar-refractivity contribution in [3.63, 3.8) is 0 Å². The summed E-state index contributed by atoms with van der Waals surface area (Å²) >= 11 is 0. The van der Waals surface area contributed by atoms with Crippen molar-refractivity contribution in [3.05, 3.63) is 29.3 Å². The van der Waals surface area contributed by atoms with Crippen molar-refractivity contribution in [1.29, 1.82) is 5.26 Å². The molecule has 0 aromatic heterocycles. The first-order valence-electron chi connectivity index (χ1n) is 6.44. The lowest BCUT2D eigenvalue weighted by molar-refractivity contribution is 0.434. The molecule has 0 aliphatic carbocycles. The minimum absolute atomic E-state index is 0.0909. The topological polar surface area (TPSA) is 87.2 Å². The number of nitrogens with two attached hydrogens (primary N) is 1. The highest BCUT2D eigenvalue weighted by Gasteiger charge is 2.27. The van der Waals surface area contributed by atoms with Crippen molar-refractivity contribution >= 4 is 15.7 Å². The van der Waals surface area contributed by atoms with Crippen molar-refractivity contribution in [2.45, 2.75) is 12.8 Å². The van der Waals surface area contributed by atoms with Crippen molar-refractivity contribution in [3.8, 4) is 6.07 Å². The first kappa shape index (κ1) is 15.7. The third kappa shape index (κ3) is 3.89. The summed E-state index contributed by atoms with van der Waals surface area (Å²) in [5, 5.41) is 13.7. The number of halogens is 2. The Labute approximate surface area is 122 Å². The molecule has 1 atom stereocenters. The maximum atomic E-state index is 14.0. The van der Waals surface area contributed by atoms with E-state index >= 15 is 0 Å². The molecule has 1 aromatic carbocycles. The van der Waals surface area contributed by atoms with Crippen molar-refractivity contribution in [2.24, 2.45) is 11.1 Å². The molecule has 1 saturated heterocycles. The molecule has 0 saturated carbocycles. The minimum Gasteiger partial charge on any atom is -0.366 e. The summed E-state index contributed by atoms with van der Waals surface area (Å²) in [6.45, 7) is 0.650. The molecule has 1 aliphatic heterocycles. The van der Waals surface area contributed by atoms with E-state index in [1.54, 1.807) is 6.07 Å². The van der Waals surface area contributed by atoms with Gasteiger partial charge >= 0.3 is 0 Å². The summed E-state index contributed by atoms with van der Waals surface area (Å²) < 4.78 is 50.2. The Balaban J connectivity index is 2.24. The molecule has 114 valence electrons. The van der Waals surface area contributed by atoms with Crippen molar-refractivity contribution < 1.29 is 17.2 Å². The smallest absolute Gasteiger partial charge is 0.209 e. The van der Waals surface area contributed by atoms with Gasteiger partial charge in [-0.05, 0) is 30.9 Å². The van der Waals surface area contributed by atoms with Gasteiger partial charge in [-0.25, -0.2) is 22.3 Å². The van der Waals surface area contributed by atoms with Gasteiger partial charge < -0.3 is 4.90 Å². The van der Waals surface area contributed by atoms with Crippen LogP contribution in [-0.4, -0.2) is 27.3 Å². The second-order valence-electron chi connectivity index (χ2n) is 5.18. The molecule has 1 aliphatic rings. The first-order chi connectivity index (χ1) is 9.80. The highest BCUT2D eigenvalue weighted by molar-refractivity contribution is 7.89. The van der Waals surface area contributed by atoms with E-state index < -0.39 is 21.7 Å². The van der Waals surface area contributed by atoms with Gasteiger partial charge in [0.05, 0.1) is 17.4 Å². The molecule has 0 radical (unpaired) electrons. The molecule has 5 nitrogen and oxygen atoms in total. The third-order valence-electron chi connectivity index (χ3n) is 3.45. The Hall–Kier alpha value is -1.72. The van der Waals surface area contributed by atoms with Gasteiger partial charge in [-0.2, -0.15) is 5.26 Å². The lowest BCUT2D eigenvalue weighted by Gasteiger charge is -2.34. The van der Waals surface area contributed by atoms with Crippen LogP contribution in [0.15, 0.2) is 12.1 Å². The Kier molecular flexibility index (Phi) is 4.44. The highest BCUT2D eigenvalue weighted by atomic mass is 32.2. The minimum atomic E-state index is -3.62. The fraction of sp³-hybridized carbons (Fsp3) is 0.462. The molecule has 1 heterocycles. The van der Waals surface area contributed by atoms with Gasteiger partial charge in [0.1, 0.15) is 5.69 Å². The quantitative estimate of drug-likeness (QED) is 0.912. The van der Waals surface area contributed by atoms with Gasteiger partial charge in [-0.15, -0.1) is 0 Å².